The fraction of sp³-hybridized carbons (Fsp3) is 0.857. The van der Waals surface area contributed by atoms with Gasteiger partial charge in [-0.25, -0.2) is 0 Å². The molecule has 0 bridgehead atoms. The Morgan fingerprint density at radius 1 is 1.33 bits per heavy atom. The van der Waals surface area contributed by atoms with Gasteiger partial charge in [0.05, 0.1) is 36.0 Å². The van der Waals surface area contributed by atoms with Crippen LogP contribution in [0.5, 0.6) is 0 Å². The van der Waals surface area contributed by atoms with Gasteiger partial charge in [0.15, 0.2) is 0 Å². The second-order valence-corrected chi connectivity index (χ2v) is 4.54. The summed E-state index contributed by atoms with van der Waals surface area (Å²) in [5, 5.41) is 0. The average molecular weight is 247 g/mol. The minimum absolute atomic E-state index is 0.201. The van der Waals surface area contributed by atoms with Gasteiger partial charge in [-0.05, 0) is 0 Å². The van der Waals surface area contributed by atoms with Crippen molar-refractivity contribution in [2.45, 2.75) is 6.92 Å². The number of hydrogen-bond donors (Lipinski definition) is 1. The highest BCUT2D eigenvalue weighted by molar-refractivity contribution is 5.65. The molecule has 0 atom stereocenters. The van der Waals surface area contributed by atoms with Crippen LogP contribution < -0.4 is 14.0 Å². The summed E-state index contributed by atoms with van der Waals surface area (Å²) in [6.45, 7) is 2.80. The van der Waals surface area contributed by atoms with Gasteiger partial charge >= 0.3 is 5.97 Å². The largest absolute Gasteiger partial charge is 0.460 e. The summed E-state index contributed by atoms with van der Waals surface area (Å²) in [6, 6.07) is 0. The second kappa shape index (κ2) is 6.94. The molecule has 0 aromatic rings. The van der Waals surface area contributed by atoms with Gasteiger partial charge in [-0.15, -0.1) is 0 Å². The lowest BCUT2D eigenvalue weighted by molar-refractivity contribution is -1.92. The molecule has 0 aliphatic rings. The fourth-order valence-corrected chi connectivity index (χ4v) is 0.463. The van der Waals surface area contributed by atoms with Gasteiger partial charge in [0.25, 0.3) is 0 Å². The molecule has 0 aliphatic carbocycles. The summed E-state index contributed by atoms with van der Waals surface area (Å²) in [6.07, 6.45) is 0. The molecule has 0 saturated heterocycles. The Labute approximate surface area is 90.8 Å². The lowest BCUT2D eigenvalue weighted by atomic mass is 10.5. The molecule has 0 spiro atoms. The summed E-state index contributed by atoms with van der Waals surface area (Å²) >= 11 is 0. The van der Waals surface area contributed by atoms with Crippen LogP contribution in [0.3, 0.4) is 0 Å². The lowest BCUT2D eigenvalue weighted by Gasteiger charge is -2.23. The number of carbonyl (C=O) groups excluding carboxylic acids is 1. The predicted octanol–water partition coefficient (Wildman–Crippen LogP) is -3.87. The zero-order valence-corrected chi connectivity index (χ0v) is 9.98. The van der Waals surface area contributed by atoms with E-state index in [-0.39, 0.29) is 5.97 Å². The molecule has 7 nitrogen and oxygen atoms in total. The van der Waals surface area contributed by atoms with Gasteiger partial charge in [0.1, 0.15) is 13.2 Å². The van der Waals surface area contributed by atoms with E-state index in [0.29, 0.717) is 6.61 Å². The quantitative estimate of drug-likeness (QED) is 0.402. The molecule has 0 rings (SSSR count). The monoisotopic (exact) mass is 246 g/mol. The van der Waals surface area contributed by atoms with Gasteiger partial charge in [-0.3, -0.25) is 4.79 Å². The number of carbonyl (C=O) groups is 1. The van der Waals surface area contributed by atoms with Crippen LogP contribution in [0.2, 0.25) is 0 Å². The molecule has 0 saturated carbocycles. The van der Waals surface area contributed by atoms with Gasteiger partial charge in [0, 0.05) is 6.92 Å². The van der Waals surface area contributed by atoms with Gasteiger partial charge < -0.3 is 9.22 Å². The molecule has 15 heavy (non-hydrogen) atoms. The van der Waals surface area contributed by atoms with E-state index in [4.69, 9.17) is 23.4 Å². The number of rotatable bonds is 3. The third-order valence-electron chi connectivity index (χ3n) is 1.07. The van der Waals surface area contributed by atoms with Crippen LogP contribution in [-0.2, 0) is 9.53 Å². The van der Waals surface area contributed by atoms with E-state index in [9.17, 15) is 4.79 Å². The fourth-order valence-electron chi connectivity index (χ4n) is 0.463. The first kappa shape index (κ1) is 17.0. The summed E-state index contributed by atoms with van der Waals surface area (Å²) < 4.78 is 38.3. The molecule has 0 aromatic carbocycles. The highest BCUT2D eigenvalue weighted by Crippen LogP contribution is 1.89. The number of halogens is 1. The Bertz CT molecular complexity index is 179. The van der Waals surface area contributed by atoms with E-state index in [1.54, 1.807) is 0 Å². The van der Waals surface area contributed by atoms with Crippen molar-refractivity contribution in [2.24, 2.45) is 0 Å². The maximum absolute atomic E-state index is 10.3. The number of hydrogen-bond acceptors (Lipinski definition) is 6. The number of ether oxygens (including phenoxy) is 1. The maximum Gasteiger partial charge on any atom is 0.302 e. The van der Waals surface area contributed by atoms with Crippen molar-refractivity contribution >= 4 is 5.97 Å². The molecular weight excluding hydrogens is 230 g/mol. The predicted molar refractivity (Wildman–Crippen MR) is 41.8 cm³/mol. The summed E-state index contributed by atoms with van der Waals surface area (Å²) in [5.41, 5.74) is 0. The number of quaternary nitrogens is 1. The summed E-state index contributed by atoms with van der Waals surface area (Å²) in [5.74, 6) is -0.201. The number of esters is 1. The third kappa shape index (κ3) is 42.1. The van der Waals surface area contributed by atoms with Crippen LogP contribution in [0, 0.1) is 10.2 Å². The molecule has 8 heteroatoms. The molecule has 0 fully saturated rings. The molecule has 0 amide bonds. The molecular formula is C7H17ClNO6+. The molecule has 92 valence electrons. The molecule has 0 aliphatic heterocycles. The third-order valence-corrected chi connectivity index (χ3v) is 1.07. The van der Waals surface area contributed by atoms with Crippen LogP contribution in [0.15, 0.2) is 0 Å². The van der Waals surface area contributed by atoms with Crippen LogP contribution in [0.4, 0.5) is 0 Å². The molecule has 0 aromatic heterocycles. The zero-order chi connectivity index (χ0) is 12.7. The number of likely N-dealkylation sites (N-methyl/N-ethyl adjacent to an activating group) is 1. The first-order valence-corrected chi connectivity index (χ1v) is 5.25. The van der Waals surface area contributed by atoms with Crippen molar-refractivity contribution in [1.29, 1.82) is 0 Å². The second-order valence-electron chi connectivity index (χ2n) is 3.75. The Morgan fingerprint density at radius 3 is 1.87 bits per heavy atom. The summed E-state index contributed by atoms with van der Waals surface area (Å²) in [7, 11) is 1.48. The van der Waals surface area contributed by atoms with Crippen molar-refractivity contribution in [2.75, 3.05) is 34.3 Å². The highest BCUT2D eigenvalue weighted by Gasteiger charge is 2.06. The highest BCUT2D eigenvalue weighted by atomic mass is 35.7. The van der Waals surface area contributed by atoms with Crippen molar-refractivity contribution < 1.29 is 42.9 Å². The molecule has 0 radical (unpaired) electrons. The smallest absolute Gasteiger partial charge is 0.302 e. The normalized spacial score (nSPS) is 11.5. The van der Waals surface area contributed by atoms with Crippen molar-refractivity contribution in [3.63, 3.8) is 0 Å². The van der Waals surface area contributed by atoms with Crippen LogP contribution in [-0.4, -0.2) is 49.4 Å². The Kier molecular flexibility index (Phi) is 7.85. The minimum Gasteiger partial charge on any atom is -0.460 e. The SMILES string of the molecule is CC(=O)OCC[N+](C)(C)C.[O-][Cl+3]([O-])([O-])O. The lowest BCUT2D eigenvalue weighted by Crippen LogP contribution is -2.58. The Balaban J connectivity index is 0. The minimum atomic E-state index is -4.69. The Hall–Kier alpha value is -0.440. The van der Waals surface area contributed by atoms with E-state index in [2.05, 4.69) is 21.1 Å². The van der Waals surface area contributed by atoms with E-state index in [0.717, 1.165) is 11.0 Å². The van der Waals surface area contributed by atoms with Crippen LogP contribution in [0.25, 0.3) is 0 Å². The Morgan fingerprint density at radius 2 is 1.67 bits per heavy atom. The number of nitrogens with zero attached hydrogens (tertiary/aromatic N) is 1. The standard InChI is InChI=1S/C7H16NO2.ClHO4/c1-7(9)10-6-5-8(2,3)4;2-1(3,4)5/h5-6H2,1-4H3;(H,2,3,4,5)/q+1;. The van der Waals surface area contributed by atoms with Crippen molar-refractivity contribution in [1.82, 2.24) is 0 Å². The van der Waals surface area contributed by atoms with Gasteiger partial charge in [-0.1, -0.05) is 0 Å². The first-order chi connectivity index (χ1) is 6.42. The van der Waals surface area contributed by atoms with E-state index >= 15 is 0 Å². The van der Waals surface area contributed by atoms with Crippen LogP contribution >= 0.6 is 0 Å². The molecule has 1 N–H and O–H groups in total. The first-order valence-electron chi connectivity index (χ1n) is 3.99. The topological polar surface area (TPSA) is 116 Å². The van der Waals surface area contributed by atoms with Gasteiger partial charge in [0.2, 0.25) is 0 Å². The summed E-state index contributed by atoms with van der Waals surface area (Å²) in [4.78, 5) is 10.3. The molecule has 0 unspecified atom stereocenters. The van der Waals surface area contributed by atoms with Gasteiger partial charge in [-0.2, -0.15) is 14.0 Å². The van der Waals surface area contributed by atoms with Crippen molar-refractivity contribution in [3.8, 4) is 0 Å². The van der Waals surface area contributed by atoms with E-state index < -0.39 is 10.2 Å². The van der Waals surface area contributed by atoms with Crippen LogP contribution in [0.1, 0.15) is 6.92 Å². The van der Waals surface area contributed by atoms with Crippen molar-refractivity contribution in [3.05, 3.63) is 0 Å². The maximum atomic E-state index is 10.3. The average Bonchev–Trinajstić information content (AvgIpc) is 1.77. The zero-order valence-electron chi connectivity index (χ0n) is 9.23. The van der Waals surface area contributed by atoms with E-state index in [1.807, 2.05) is 0 Å². The van der Waals surface area contributed by atoms with E-state index in [1.165, 1.54) is 6.92 Å². The molecule has 0 heterocycles.